The third-order valence-electron chi connectivity index (χ3n) is 2.48. The molecule has 17 heavy (non-hydrogen) atoms. The van der Waals surface area contributed by atoms with Crippen molar-refractivity contribution in [2.45, 2.75) is 11.9 Å². The summed E-state index contributed by atoms with van der Waals surface area (Å²) in [5, 5.41) is 2.66. The molecule has 0 aliphatic rings. The fraction of sp³-hybridized carbons (Fsp3) is 0.250. The van der Waals surface area contributed by atoms with E-state index in [1.54, 1.807) is 23.5 Å². The van der Waals surface area contributed by atoms with Gasteiger partial charge in [0.05, 0.1) is 17.7 Å². The Morgan fingerprint density at radius 3 is 2.94 bits per heavy atom. The van der Waals surface area contributed by atoms with Gasteiger partial charge in [0.2, 0.25) is 0 Å². The highest BCUT2D eigenvalue weighted by Crippen LogP contribution is 2.24. The summed E-state index contributed by atoms with van der Waals surface area (Å²) in [5.74, 6) is -0.203. The lowest BCUT2D eigenvalue weighted by atomic mass is 10.2. The fourth-order valence-electron chi connectivity index (χ4n) is 1.68. The third kappa shape index (κ3) is 3.04. The highest BCUT2D eigenvalue weighted by Gasteiger charge is 2.09. The van der Waals surface area contributed by atoms with Crippen LogP contribution in [0, 0.1) is 5.82 Å². The van der Waals surface area contributed by atoms with Crippen molar-refractivity contribution < 1.29 is 4.39 Å². The van der Waals surface area contributed by atoms with E-state index in [0.717, 1.165) is 23.5 Å². The lowest BCUT2D eigenvalue weighted by molar-refractivity contribution is 0.626. The van der Waals surface area contributed by atoms with Crippen LogP contribution in [0.4, 0.5) is 10.1 Å². The summed E-state index contributed by atoms with van der Waals surface area (Å²) in [6.45, 7) is 0.731. The molecule has 1 heterocycles. The molecule has 2 aromatic rings. The van der Waals surface area contributed by atoms with Gasteiger partial charge in [-0.05, 0) is 23.8 Å². The predicted octanol–water partition coefficient (Wildman–Crippen LogP) is 3.81. The topological polar surface area (TPSA) is 16.1 Å². The highest BCUT2D eigenvalue weighted by molar-refractivity contribution is 9.08. The molecule has 2 nitrogen and oxygen atoms in total. The van der Waals surface area contributed by atoms with Crippen LogP contribution in [0.15, 0.2) is 29.1 Å². The Hall–Kier alpha value is -0.940. The molecule has 0 aliphatic carbocycles. The van der Waals surface area contributed by atoms with Gasteiger partial charge in [-0.2, -0.15) is 0 Å². The summed E-state index contributed by atoms with van der Waals surface area (Å²) >= 11 is 4.96. The van der Waals surface area contributed by atoms with Gasteiger partial charge in [-0.15, -0.1) is 11.3 Å². The van der Waals surface area contributed by atoms with Crippen molar-refractivity contribution in [2.75, 3.05) is 11.9 Å². The van der Waals surface area contributed by atoms with Crippen LogP contribution in [0.2, 0.25) is 0 Å². The molecule has 2 rings (SSSR count). The maximum Gasteiger partial charge on any atom is 0.123 e. The van der Waals surface area contributed by atoms with Crippen LogP contribution >= 0.6 is 27.3 Å². The van der Waals surface area contributed by atoms with Gasteiger partial charge < -0.3 is 4.90 Å². The van der Waals surface area contributed by atoms with Gasteiger partial charge in [0, 0.05) is 23.4 Å². The third-order valence-corrected chi connectivity index (χ3v) is 3.72. The van der Waals surface area contributed by atoms with Gasteiger partial charge in [-0.1, -0.05) is 15.9 Å². The molecule has 0 atom stereocenters. The van der Waals surface area contributed by atoms with Crippen LogP contribution in [0.25, 0.3) is 0 Å². The highest BCUT2D eigenvalue weighted by atomic mass is 79.9. The van der Waals surface area contributed by atoms with Crippen molar-refractivity contribution in [1.29, 1.82) is 0 Å². The number of thiazole rings is 1. The van der Waals surface area contributed by atoms with Gasteiger partial charge in [-0.25, -0.2) is 9.37 Å². The van der Waals surface area contributed by atoms with Gasteiger partial charge in [0.25, 0.3) is 0 Å². The zero-order valence-electron chi connectivity index (χ0n) is 9.36. The summed E-state index contributed by atoms with van der Waals surface area (Å²) in [7, 11) is 1.98. The second-order valence-corrected chi connectivity index (χ2v) is 5.02. The van der Waals surface area contributed by atoms with Crippen LogP contribution in [-0.4, -0.2) is 12.0 Å². The van der Waals surface area contributed by atoms with Crippen LogP contribution in [0.1, 0.15) is 11.3 Å². The Kier molecular flexibility index (Phi) is 4.12. The zero-order chi connectivity index (χ0) is 12.3. The molecule has 0 N–H and O–H groups in total. The average molecular weight is 315 g/mol. The number of alkyl halides is 1. The van der Waals surface area contributed by atoms with Crippen molar-refractivity contribution in [3.63, 3.8) is 0 Å². The van der Waals surface area contributed by atoms with Gasteiger partial charge in [0.1, 0.15) is 5.82 Å². The van der Waals surface area contributed by atoms with Gasteiger partial charge in [0.15, 0.2) is 0 Å². The number of hydrogen-bond donors (Lipinski definition) is 0. The van der Waals surface area contributed by atoms with Crippen LogP contribution in [0.3, 0.4) is 0 Å². The van der Waals surface area contributed by atoms with Crippen molar-refractivity contribution in [2.24, 2.45) is 0 Å². The molecule has 0 saturated carbocycles. The molecule has 0 saturated heterocycles. The van der Waals surface area contributed by atoms with E-state index < -0.39 is 0 Å². The molecule has 90 valence electrons. The lowest BCUT2D eigenvalue weighted by Crippen LogP contribution is -2.18. The molecule has 5 heteroatoms. The second kappa shape index (κ2) is 5.60. The van der Waals surface area contributed by atoms with E-state index in [0.29, 0.717) is 5.33 Å². The van der Waals surface area contributed by atoms with E-state index in [1.807, 2.05) is 17.9 Å². The summed E-state index contributed by atoms with van der Waals surface area (Å²) in [4.78, 5) is 6.32. The van der Waals surface area contributed by atoms with E-state index in [9.17, 15) is 4.39 Å². The van der Waals surface area contributed by atoms with E-state index in [4.69, 9.17) is 0 Å². The molecule has 1 aromatic heterocycles. The molecule has 0 unspecified atom stereocenters. The number of benzene rings is 1. The molecular formula is C12H12BrFN2S. The summed E-state index contributed by atoms with van der Waals surface area (Å²) < 4.78 is 13.1. The smallest absolute Gasteiger partial charge is 0.123 e. The predicted molar refractivity (Wildman–Crippen MR) is 73.3 cm³/mol. The minimum absolute atomic E-state index is 0.203. The van der Waals surface area contributed by atoms with E-state index >= 15 is 0 Å². The van der Waals surface area contributed by atoms with E-state index in [1.165, 1.54) is 6.07 Å². The first-order valence-electron chi connectivity index (χ1n) is 5.13. The van der Waals surface area contributed by atoms with Gasteiger partial charge in [-0.3, -0.25) is 0 Å². The largest absolute Gasteiger partial charge is 0.368 e. The minimum atomic E-state index is -0.203. The Bertz CT molecular complexity index is 487. The molecule has 0 radical (unpaired) electrons. The van der Waals surface area contributed by atoms with Gasteiger partial charge >= 0.3 is 0 Å². The standard InChI is InChI=1S/C12H12BrFN2S/c1-16(6-11-7-17-8-15-11)12-3-2-10(14)4-9(12)5-13/h2-4,7-8H,5-6H2,1H3. The van der Waals surface area contributed by atoms with Crippen molar-refractivity contribution in [3.05, 3.63) is 46.2 Å². The zero-order valence-corrected chi connectivity index (χ0v) is 11.8. The summed E-state index contributed by atoms with van der Waals surface area (Å²) in [6, 6.07) is 4.85. The first-order chi connectivity index (χ1) is 8.20. The van der Waals surface area contributed by atoms with Crippen molar-refractivity contribution in [1.82, 2.24) is 4.98 Å². The van der Waals surface area contributed by atoms with Crippen LogP contribution in [-0.2, 0) is 11.9 Å². The number of anilines is 1. The molecular weight excluding hydrogens is 303 g/mol. The Balaban J connectivity index is 2.21. The number of aromatic nitrogens is 1. The minimum Gasteiger partial charge on any atom is -0.368 e. The first-order valence-corrected chi connectivity index (χ1v) is 7.19. The van der Waals surface area contributed by atoms with Crippen LogP contribution in [0.5, 0.6) is 0 Å². The van der Waals surface area contributed by atoms with E-state index in [-0.39, 0.29) is 5.82 Å². The number of halogens is 2. The molecule has 0 spiro atoms. The quantitative estimate of drug-likeness (QED) is 0.798. The number of rotatable bonds is 4. The fourth-order valence-corrected chi connectivity index (χ4v) is 2.68. The molecule has 1 aromatic carbocycles. The molecule has 0 aliphatic heterocycles. The Morgan fingerprint density at radius 1 is 1.47 bits per heavy atom. The van der Waals surface area contributed by atoms with Crippen molar-refractivity contribution >= 4 is 33.0 Å². The summed E-state index contributed by atoms with van der Waals surface area (Å²) in [6.07, 6.45) is 0. The maximum absolute atomic E-state index is 13.1. The van der Waals surface area contributed by atoms with Crippen molar-refractivity contribution in [3.8, 4) is 0 Å². The second-order valence-electron chi connectivity index (χ2n) is 3.74. The summed E-state index contributed by atoms with van der Waals surface area (Å²) in [5.41, 5.74) is 4.82. The first kappa shape index (κ1) is 12.5. The molecule has 0 bridgehead atoms. The maximum atomic E-state index is 13.1. The SMILES string of the molecule is CN(Cc1cscn1)c1ccc(F)cc1CBr. The normalized spacial score (nSPS) is 10.5. The average Bonchev–Trinajstić information content (AvgIpc) is 2.81. The number of hydrogen-bond acceptors (Lipinski definition) is 3. The monoisotopic (exact) mass is 314 g/mol. The van der Waals surface area contributed by atoms with E-state index in [2.05, 4.69) is 25.8 Å². The Labute approximate surface area is 112 Å². The number of nitrogens with zero attached hydrogens (tertiary/aromatic N) is 2. The lowest BCUT2D eigenvalue weighted by Gasteiger charge is -2.21. The molecule has 0 amide bonds. The molecule has 0 fully saturated rings. The van der Waals surface area contributed by atoms with Crippen LogP contribution < -0.4 is 4.90 Å². The Morgan fingerprint density at radius 2 is 2.29 bits per heavy atom.